The first-order valence-electron chi connectivity index (χ1n) is 6.62. The molecule has 0 saturated carbocycles. The largest absolute Gasteiger partial charge is 0.437 e. The van der Waals surface area contributed by atoms with E-state index in [2.05, 4.69) is 51.1 Å². The van der Waals surface area contributed by atoms with Gasteiger partial charge in [0.25, 0.3) is 0 Å². The van der Waals surface area contributed by atoms with E-state index in [9.17, 15) is 0 Å². The minimum absolute atomic E-state index is 0.440. The van der Waals surface area contributed by atoms with Gasteiger partial charge in [-0.05, 0) is 39.9 Å². The molecule has 1 N–H and O–H groups in total. The van der Waals surface area contributed by atoms with E-state index < -0.39 is 0 Å². The lowest BCUT2D eigenvalue weighted by Gasteiger charge is -2.15. The fraction of sp³-hybridized carbons (Fsp3) is 0.333. The highest BCUT2D eigenvalue weighted by Gasteiger charge is 2.14. The fourth-order valence-corrected chi connectivity index (χ4v) is 2.39. The Labute approximate surface area is 127 Å². The molecule has 2 rings (SSSR count). The Kier molecular flexibility index (Phi) is 4.95. The summed E-state index contributed by atoms with van der Waals surface area (Å²) in [6.45, 7) is 4.36. The van der Waals surface area contributed by atoms with Gasteiger partial charge in [-0.1, -0.05) is 32.0 Å². The zero-order valence-electron chi connectivity index (χ0n) is 11.9. The summed E-state index contributed by atoms with van der Waals surface area (Å²) in [5.74, 6) is 2.50. The predicted octanol–water partition coefficient (Wildman–Crippen LogP) is 4.59. The zero-order valence-corrected chi connectivity index (χ0v) is 13.4. The first kappa shape index (κ1) is 14.8. The van der Waals surface area contributed by atoms with Gasteiger partial charge in [-0.3, -0.25) is 0 Å². The highest BCUT2D eigenvalue weighted by atomic mass is 79.9. The van der Waals surface area contributed by atoms with E-state index in [4.69, 9.17) is 4.74 Å². The van der Waals surface area contributed by atoms with Crippen molar-refractivity contribution in [2.24, 2.45) is 0 Å². The van der Waals surface area contributed by atoms with Gasteiger partial charge in [0.15, 0.2) is 0 Å². The SMILES string of the molecule is CCC(C)c1ccccc1Oc1ncnc(NC)c1Br. The molecule has 1 heterocycles. The molecule has 0 aliphatic carbocycles. The van der Waals surface area contributed by atoms with Crippen LogP contribution < -0.4 is 10.1 Å². The predicted molar refractivity (Wildman–Crippen MR) is 84.5 cm³/mol. The van der Waals surface area contributed by atoms with Crippen LogP contribution in [0.5, 0.6) is 11.6 Å². The number of benzene rings is 1. The smallest absolute Gasteiger partial charge is 0.238 e. The molecule has 0 aliphatic rings. The van der Waals surface area contributed by atoms with Crippen molar-refractivity contribution in [2.45, 2.75) is 26.2 Å². The second-order valence-electron chi connectivity index (χ2n) is 4.54. The maximum Gasteiger partial charge on any atom is 0.238 e. The number of aromatic nitrogens is 2. The Morgan fingerprint density at radius 3 is 2.75 bits per heavy atom. The van der Waals surface area contributed by atoms with E-state index in [0.717, 1.165) is 16.6 Å². The van der Waals surface area contributed by atoms with E-state index in [1.807, 2.05) is 25.2 Å². The fourth-order valence-electron chi connectivity index (χ4n) is 1.90. The quantitative estimate of drug-likeness (QED) is 0.868. The molecule has 0 fully saturated rings. The first-order chi connectivity index (χ1) is 9.67. The Morgan fingerprint density at radius 2 is 2.05 bits per heavy atom. The molecule has 1 aromatic carbocycles. The number of anilines is 1. The number of para-hydroxylation sites is 1. The molecule has 0 amide bonds. The van der Waals surface area contributed by atoms with Crippen LogP contribution >= 0.6 is 15.9 Å². The molecule has 1 atom stereocenters. The Hall–Kier alpha value is -1.62. The lowest BCUT2D eigenvalue weighted by atomic mass is 9.98. The summed E-state index contributed by atoms with van der Waals surface area (Å²) in [5, 5.41) is 2.99. The maximum absolute atomic E-state index is 5.97. The van der Waals surface area contributed by atoms with Crippen molar-refractivity contribution in [1.29, 1.82) is 0 Å². The standard InChI is InChI=1S/C15H18BrN3O/c1-4-10(2)11-7-5-6-8-12(11)20-15-13(16)14(17-3)18-9-19-15/h5-10H,4H2,1-3H3,(H,17,18,19). The van der Waals surface area contributed by atoms with Crippen LogP contribution in [-0.4, -0.2) is 17.0 Å². The lowest BCUT2D eigenvalue weighted by molar-refractivity contribution is 0.448. The van der Waals surface area contributed by atoms with Crippen LogP contribution in [0.15, 0.2) is 35.1 Å². The van der Waals surface area contributed by atoms with Crippen LogP contribution in [0.4, 0.5) is 5.82 Å². The maximum atomic E-state index is 5.97. The summed E-state index contributed by atoms with van der Waals surface area (Å²) in [7, 11) is 1.81. The van der Waals surface area contributed by atoms with Gasteiger partial charge in [0.05, 0.1) is 0 Å². The minimum Gasteiger partial charge on any atom is -0.437 e. The molecule has 0 aliphatic heterocycles. The Morgan fingerprint density at radius 1 is 1.30 bits per heavy atom. The summed E-state index contributed by atoms with van der Waals surface area (Å²) in [6.07, 6.45) is 2.55. The summed E-state index contributed by atoms with van der Waals surface area (Å²) in [6, 6.07) is 8.06. The average Bonchev–Trinajstić information content (AvgIpc) is 2.49. The van der Waals surface area contributed by atoms with Crippen LogP contribution in [0.1, 0.15) is 31.7 Å². The first-order valence-corrected chi connectivity index (χ1v) is 7.41. The molecule has 20 heavy (non-hydrogen) atoms. The zero-order chi connectivity index (χ0) is 14.5. The third-order valence-corrected chi connectivity index (χ3v) is 3.98. The third kappa shape index (κ3) is 3.10. The van der Waals surface area contributed by atoms with Crippen LogP contribution in [-0.2, 0) is 0 Å². The Balaban J connectivity index is 2.35. The minimum atomic E-state index is 0.440. The molecular formula is C15H18BrN3O. The summed E-state index contributed by atoms with van der Waals surface area (Å²) >= 11 is 3.47. The van der Waals surface area contributed by atoms with Gasteiger partial charge in [-0.2, -0.15) is 0 Å². The number of hydrogen-bond donors (Lipinski definition) is 1. The van der Waals surface area contributed by atoms with Gasteiger partial charge < -0.3 is 10.1 Å². The molecule has 0 saturated heterocycles. The number of ether oxygens (including phenoxy) is 1. The van der Waals surface area contributed by atoms with E-state index in [-0.39, 0.29) is 0 Å². The summed E-state index contributed by atoms with van der Waals surface area (Å²) in [5.41, 5.74) is 1.19. The molecule has 5 heteroatoms. The number of nitrogens with one attached hydrogen (secondary N) is 1. The summed E-state index contributed by atoms with van der Waals surface area (Å²) < 4.78 is 6.69. The van der Waals surface area contributed by atoms with E-state index in [0.29, 0.717) is 17.6 Å². The van der Waals surface area contributed by atoms with Crippen molar-refractivity contribution >= 4 is 21.7 Å². The molecule has 1 aromatic heterocycles. The van der Waals surface area contributed by atoms with E-state index in [1.54, 1.807) is 0 Å². The topological polar surface area (TPSA) is 47.0 Å². The van der Waals surface area contributed by atoms with Gasteiger partial charge in [-0.15, -0.1) is 0 Å². The van der Waals surface area contributed by atoms with Gasteiger partial charge in [0.1, 0.15) is 22.4 Å². The second-order valence-corrected chi connectivity index (χ2v) is 5.33. The van der Waals surface area contributed by atoms with Crippen molar-refractivity contribution in [1.82, 2.24) is 9.97 Å². The molecule has 4 nitrogen and oxygen atoms in total. The molecule has 2 aromatic rings. The third-order valence-electron chi connectivity index (χ3n) is 3.26. The number of hydrogen-bond acceptors (Lipinski definition) is 4. The highest BCUT2D eigenvalue weighted by molar-refractivity contribution is 9.10. The molecule has 0 spiro atoms. The number of halogens is 1. The Bertz CT molecular complexity index is 589. The van der Waals surface area contributed by atoms with Crippen LogP contribution in [0.25, 0.3) is 0 Å². The molecular weight excluding hydrogens is 318 g/mol. The van der Waals surface area contributed by atoms with Gasteiger partial charge >= 0.3 is 0 Å². The van der Waals surface area contributed by atoms with E-state index >= 15 is 0 Å². The van der Waals surface area contributed by atoms with Gasteiger partial charge in [0, 0.05) is 7.05 Å². The van der Waals surface area contributed by atoms with Crippen molar-refractivity contribution < 1.29 is 4.74 Å². The highest BCUT2D eigenvalue weighted by Crippen LogP contribution is 2.35. The molecule has 0 radical (unpaired) electrons. The molecule has 1 unspecified atom stereocenters. The molecule has 0 bridgehead atoms. The van der Waals surface area contributed by atoms with Crippen molar-refractivity contribution in [3.8, 4) is 11.6 Å². The van der Waals surface area contributed by atoms with Crippen LogP contribution in [0, 0.1) is 0 Å². The second kappa shape index (κ2) is 6.70. The van der Waals surface area contributed by atoms with Gasteiger partial charge in [0.2, 0.25) is 5.88 Å². The summed E-state index contributed by atoms with van der Waals surface area (Å²) in [4.78, 5) is 8.31. The monoisotopic (exact) mass is 335 g/mol. The number of nitrogens with zero attached hydrogens (tertiary/aromatic N) is 2. The van der Waals surface area contributed by atoms with E-state index in [1.165, 1.54) is 11.9 Å². The van der Waals surface area contributed by atoms with Crippen LogP contribution in [0.2, 0.25) is 0 Å². The van der Waals surface area contributed by atoms with Crippen molar-refractivity contribution in [2.75, 3.05) is 12.4 Å². The number of rotatable bonds is 5. The molecule has 106 valence electrons. The van der Waals surface area contributed by atoms with Crippen LogP contribution in [0.3, 0.4) is 0 Å². The van der Waals surface area contributed by atoms with Gasteiger partial charge in [-0.25, -0.2) is 9.97 Å². The normalized spacial score (nSPS) is 12.0. The lowest BCUT2D eigenvalue weighted by Crippen LogP contribution is -2.00. The van der Waals surface area contributed by atoms with Crippen molar-refractivity contribution in [3.05, 3.63) is 40.6 Å². The van der Waals surface area contributed by atoms with Crippen molar-refractivity contribution in [3.63, 3.8) is 0 Å². The average molecular weight is 336 g/mol.